The van der Waals surface area contributed by atoms with Crippen molar-refractivity contribution in [2.45, 2.75) is 19.8 Å². The molecule has 0 aromatic rings. The second-order valence-corrected chi connectivity index (χ2v) is 1.41. The van der Waals surface area contributed by atoms with Crippen LogP contribution in [0.1, 0.15) is 19.8 Å². The molecular weight excluding hydrogens is 92.1 g/mol. The van der Waals surface area contributed by atoms with Gasteiger partial charge in [-0.05, 0) is 6.92 Å². The Morgan fingerprint density at radius 3 is 2.43 bits per heavy atom. The average Bonchev–Trinajstić information content (AvgIpc) is 1.61. The van der Waals surface area contributed by atoms with Gasteiger partial charge < -0.3 is 9.59 Å². The Balaban J connectivity index is 2.97. The van der Waals surface area contributed by atoms with E-state index < -0.39 is 0 Å². The monoisotopic (exact) mass is 100 g/mol. The number of rotatable bonds is 3. The van der Waals surface area contributed by atoms with Gasteiger partial charge in [0.25, 0.3) is 0 Å². The first kappa shape index (κ1) is 6.34. The van der Waals surface area contributed by atoms with Gasteiger partial charge in [0.15, 0.2) is 0 Å². The van der Waals surface area contributed by atoms with Crippen LogP contribution in [-0.4, -0.2) is 12.1 Å². The van der Waals surface area contributed by atoms with E-state index in [1.165, 1.54) is 6.92 Å². The Labute approximate surface area is 42.5 Å². The van der Waals surface area contributed by atoms with Gasteiger partial charge in [0.05, 0.1) is 0 Å². The molecule has 0 aliphatic rings. The zero-order valence-electron chi connectivity index (χ0n) is 4.31. The van der Waals surface area contributed by atoms with E-state index in [1.54, 1.807) is 0 Å². The van der Waals surface area contributed by atoms with E-state index in [0.717, 1.165) is 6.29 Å². The molecule has 0 aliphatic heterocycles. The molecule has 0 amide bonds. The van der Waals surface area contributed by atoms with Gasteiger partial charge in [0, 0.05) is 12.8 Å². The molecular formula is C5H8O2. The van der Waals surface area contributed by atoms with Gasteiger partial charge in [-0.3, -0.25) is 0 Å². The third-order valence-electron chi connectivity index (χ3n) is 0.614. The quantitative estimate of drug-likeness (QED) is 0.485. The summed E-state index contributed by atoms with van der Waals surface area (Å²) in [5.74, 6) is 0.0760. The minimum Gasteiger partial charge on any atom is -0.303 e. The Bertz CT molecular complexity index is 76.1. The van der Waals surface area contributed by atoms with E-state index in [-0.39, 0.29) is 5.78 Å². The number of Topliss-reactive ketones (excluding diaryl/α,β-unsaturated/α-hetero) is 1. The summed E-state index contributed by atoms with van der Waals surface area (Å²) in [6.07, 6.45) is 1.51. The standard InChI is InChI=1S/C5H8O2/c1-5(7)3-2-4-6/h4H,2-3H2,1H3. The highest BCUT2D eigenvalue weighted by atomic mass is 16.1. The predicted octanol–water partition coefficient (Wildman–Crippen LogP) is 0.554. The average molecular weight is 100 g/mol. The SMILES string of the molecule is CC(=O)CCC=O. The number of hydrogen-bond donors (Lipinski definition) is 0. The molecule has 0 saturated heterocycles. The highest BCUT2D eigenvalue weighted by Gasteiger charge is 1.87. The second-order valence-electron chi connectivity index (χ2n) is 1.41. The van der Waals surface area contributed by atoms with E-state index in [0.29, 0.717) is 12.8 Å². The molecule has 0 fully saturated rings. The minimum absolute atomic E-state index is 0.0760. The summed E-state index contributed by atoms with van der Waals surface area (Å²) in [6, 6.07) is 0. The number of aldehydes is 1. The Morgan fingerprint density at radius 2 is 2.29 bits per heavy atom. The number of ketones is 1. The van der Waals surface area contributed by atoms with Crippen molar-refractivity contribution in [3.63, 3.8) is 0 Å². The Hall–Kier alpha value is -0.660. The fourth-order valence-electron chi connectivity index (χ4n) is 0.262. The zero-order chi connectivity index (χ0) is 5.70. The molecule has 7 heavy (non-hydrogen) atoms. The number of carbonyl (C=O) groups is 2. The van der Waals surface area contributed by atoms with E-state index in [1.807, 2.05) is 0 Å². The van der Waals surface area contributed by atoms with Crippen molar-refractivity contribution in [3.05, 3.63) is 0 Å². The van der Waals surface area contributed by atoms with Crippen LogP contribution in [0.15, 0.2) is 0 Å². The first-order chi connectivity index (χ1) is 3.27. The van der Waals surface area contributed by atoms with Crippen molar-refractivity contribution in [1.82, 2.24) is 0 Å². The largest absolute Gasteiger partial charge is 0.303 e. The first-order valence-corrected chi connectivity index (χ1v) is 2.20. The maximum absolute atomic E-state index is 10.0. The molecule has 0 rings (SSSR count). The third-order valence-corrected chi connectivity index (χ3v) is 0.614. The predicted molar refractivity (Wildman–Crippen MR) is 26.0 cm³/mol. The van der Waals surface area contributed by atoms with Crippen LogP contribution in [0.25, 0.3) is 0 Å². The van der Waals surface area contributed by atoms with Crippen LogP contribution in [0.3, 0.4) is 0 Å². The number of hydrogen-bond acceptors (Lipinski definition) is 2. The molecule has 0 atom stereocenters. The molecule has 0 spiro atoms. The maximum Gasteiger partial charge on any atom is 0.130 e. The normalized spacial score (nSPS) is 8.14. The van der Waals surface area contributed by atoms with Crippen LogP contribution >= 0.6 is 0 Å². The molecule has 0 saturated carbocycles. The summed E-state index contributed by atoms with van der Waals surface area (Å²) in [5.41, 5.74) is 0. The lowest BCUT2D eigenvalue weighted by Gasteiger charge is -1.80. The third kappa shape index (κ3) is 5.34. The lowest BCUT2D eigenvalue weighted by atomic mass is 10.3. The summed E-state index contributed by atoms with van der Waals surface area (Å²) < 4.78 is 0. The maximum atomic E-state index is 10.0. The molecule has 0 bridgehead atoms. The molecule has 0 heterocycles. The van der Waals surface area contributed by atoms with Crippen molar-refractivity contribution in [2.24, 2.45) is 0 Å². The topological polar surface area (TPSA) is 34.1 Å². The van der Waals surface area contributed by atoms with Gasteiger partial charge >= 0.3 is 0 Å². The summed E-state index contributed by atoms with van der Waals surface area (Å²) in [7, 11) is 0. The summed E-state index contributed by atoms with van der Waals surface area (Å²) in [4.78, 5) is 19.6. The fourth-order valence-corrected chi connectivity index (χ4v) is 0.262. The van der Waals surface area contributed by atoms with Crippen LogP contribution in [0.5, 0.6) is 0 Å². The minimum atomic E-state index is 0.0760. The van der Waals surface area contributed by atoms with Crippen molar-refractivity contribution in [1.29, 1.82) is 0 Å². The van der Waals surface area contributed by atoms with Crippen LogP contribution in [-0.2, 0) is 9.59 Å². The molecule has 0 radical (unpaired) electrons. The highest BCUT2D eigenvalue weighted by Crippen LogP contribution is 1.83. The summed E-state index contributed by atoms with van der Waals surface area (Å²) in [6.45, 7) is 1.48. The Morgan fingerprint density at radius 1 is 1.71 bits per heavy atom. The van der Waals surface area contributed by atoms with Crippen molar-refractivity contribution in [2.75, 3.05) is 0 Å². The lowest BCUT2D eigenvalue weighted by Crippen LogP contribution is -1.88. The van der Waals surface area contributed by atoms with E-state index in [9.17, 15) is 9.59 Å². The molecule has 0 aromatic heterocycles. The van der Waals surface area contributed by atoms with Crippen molar-refractivity contribution >= 4 is 12.1 Å². The van der Waals surface area contributed by atoms with Gasteiger partial charge in [0.1, 0.15) is 12.1 Å². The van der Waals surface area contributed by atoms with Crippen molar-refractivity contribution < 1.29 is 9.59 Å². The van der Waals surface area contributed by atoms with Gasteiger partial charge in [-0.25, -0.2) is 0 Å². The van der Waals surface area contributed by atoms with Crippen molar-refractivity contribution in [3.8, 4) is 0 Å². The molecule has 0 unspecified atom stereocenters. The van der Waals surface area contributed by atoms with Crippen LogP contribution < -0.4 is 0 Å². The van der Waals surface area contributed by atoms with E-state index >= 15 is 0 Å². The van der Waals surface area contributed by atoms with Crippen LogP contribution in [0.4, 0.5) is 0 Å². The van der Waals surface area contributed by atoms with E-state index in [2.05, 4.69) is 0 Å². The van der Waals surface area contributed by atoms with Crippen LogP contribution in [0.2, 0.25) is 0 Å². The molecule has 2 nitrogen and oxygen atoms in total. The van der Waals surface area contributed by atoms with E-state index in [4.69, 9.17) is 0 Å². The molecule has 2 heteroatoms. The Kier molecular flexibility index (Phi) is 3.19. The second kappa shape index (κ2) is 3.53. The number of carbonyl (C=O) groups excluding carboxylic acids is 2. The smallest absolute Gasteiger partial charge is 0.130 e. The van der Waals surface area contributed by atoms with Gasteiger partial charge in [0.2, 0.25) is 0 Å². The van der Waals surface area contributed by atoms with Crippen LogP contribution in [0, 0.1) is 0 Å². The van der Waals surface area contributed by atoms with Gasteiger partial charge in [-0.2, -0.15) is 0 Å². The van der Waals surface area contributed by atoms with Gasteiger partial charge in [-0.15, -0.1) is 0 Å². The zero-order valence-corrected chi connectivity index (χ0v) is 4.31. The molecule has 0 aromatic carbocycles. The highest BCUT2D eigenvalue weighted by molar-refractivity contribution is 5.77. The molecule has 40 valence electrons. The summed E-state index contributed by atoms with van der Waals surface area (Å²) in [5, 5.41) is 0. The fraction of sp³-hybridized carbons (Fsp3) is 0.600. The lowest BCUT2D eigenvalue weighted by molar-refractivity contribution is -0.118. The summed E-state index contributed by atoms with van der Waals surface area (Å²) >= 11 is 0. The molecule has 0 aliphatic carbocycles. The van der Waals surface area contributed by atoms with Gasteiger partial charge in [-0.1, -0.05) is 0 Å². The first-order valence-electron chi connectivity index (χ1n) is 2.20. The molecule has 0 N–H and O–H groups in total.